The third-order valence-corrected chi connectivity index (χ3v) is 27.9. The summed E-state index contributed by atoms with van der Waals surface area (Å²) in [6.07, 6.45) is 28.0. The van der Waals surface area contributed by atoms with Crippen molar-refractivity contribution in [2.45, 2.75) is 406 Å². The van der Waals surface area contributed by atoms with Crippen molar-refractivity contribution in [3.63, 3.8) is 0 Å². The molecule has 10 fully saturated rings. The summed E-state index contributed by atoms with van der Waals surface area (Å²) in [5.74, 6) is -0.0268. The van der Waals surface area contributed by atoms with Gasteiger partial charge in [-0.05, 0) is 276 Å². The highest BCUT2D eigenvalue weighted by molar-refractivity contribution is 5.86. The van der Waals surface area contributed by atoms with Gasteiger partial charge >= 0.3 is 47.8 Å². The molecule has 0 aromatic rings. The van der Waals surface area contributed by atoms with Crippen LogP contribution in [0.1, 0.15) is 359 Å². The highest BCUT2D eigenvalue weighted by Gasteiger charge is 2.74. The second-order valence-corrected chi connectivity index (χ2v) is 38.3. The Labute approximate surface area is 634 Å². The fourth-order valence-electron chi connectivity index (χ4n) is 16.5. The zero-order valence-electron chi connectivity index (χ0n) is 70.3. The number of nitriles is 2. The van der Waals surface area contributed by atoms with E-state index in [-0.39, 0.29) is 116 Å². The van der Waals surface area contributed by atoms with E-state index in [1.165, 1.54) is 89.9 Å². The molecule has 0 spiro atoms. The molecule has 11 unspecified atom stereocenters. The molecule has 0 N–H and O–H groups in total. The summed E-state index contributed by atoms with van der Waals surface area (Å²) in [6, 6.07) is 4.30. The molecule has 4 bridgehead atoms. The number of ether oxygens (including phenoxy) is 8. The van der Waals surface area contributed by atoms with Gasteiger partial charge in [-0.15, -0.1) is 0 Å². The molecule has 8 saturated carbocycles. The summed E-state index contributed by atoms with van der Waals surface area (Å²) in [6.45, 7) is 50.0. The lowest BCUT2D eigenvalue weighted by molar-refractivity contribution is -0.177. The van der Waals surface area contributed by atoms with E-state index < -0.39 is 45.8 Å². The molecule has 11 atom stereocenters. The molecule has 8 aliphatic carbocycles. The molecule has 0 aromatic heterocycles. The van der Waals surface area contributed by atoms with Crippen LogP contribution in [0.15, 0.2) is 0 Å². The van der Waals surface area contributed by atoms with Crippen molar-refractivity contribution in [1.82, 2.24) is 0 Å². The first-order valence-corrected chi connectivity index (χ1v) is 41.2. The molecule has 10 aliphatic rings. The van der Waals surface area contributed by atoms with Gasteiger partial charge in [-0.25, -0.2) is 0 Å². The highest BCUT2D eigenvalue weighted by atomic mass is 16.6. The van der Waals surface area contributed by atoms with E-state index in [9.17, 15) is 48.9 Å². The van der Waals surface area contributed by atoms with Crippen LogP contribution in [-0.2, 0) is 76.3 Å². The zero-order valence-corrected chi connectivity index (χ0v) is 70.3. The molecule has 10 rings (SSSR count). The minimum atomic E-state index is -0.974. The maximum atomic E-state index is 12.3. The Balaban J connectivity index is 0.000000227. The fourth-order valence-corrected chi connectivity index (χ4v) is 16.5. The topological polar surface area (TPSA) is 258 Å². The van der Waals surface area contributed by atoms with E-state index in [1.54, 1.807) is 0 Å². The second kappa shape index (κ2) is 35.6. The summed E-state index contributed by atoms with van der Waals surface area (Å²) in [4.78, 5) is 96.7. The van der Waals surface area contributed by atoms with E-state index in [0.29, 0.717) is 43.4 Å². The molecule has 2 heterocycles. The molecule has 0 aromatic carbocycles. The Kier molecular flexibility index (Phi) is 30.6. The molecule has 18 heteroatoms. The summed E-state index contributed by atoms with van der Waals surface area (Å²) in [7, 11) is 0. The molecule has 2 saturated heterocycles. The van der Waals surface area contributed by atoms with E-state index >= 15 is 0 Å². The van der Waals surface area contributed by atoms with Gasteiger partial charge in [0.25, 0.3) is 0 Å². The zero-order chi connectivity index (χ0) is 79.5. The fraction of sp³-hybridized carbons (Fsp3) is 0.885. The van der Waals surface area contributed by atoms with Crippen molar-refractivity contribution in [3.8, 4) is 12.1 Å². The number of rotatable bonds is 22. The van der Waals surface area contributed by atoms with Crippen LogP contribution in [0.5, 0.6) is 0 Å². The van der Waals surface area contributed by atoms with Gasteiger partial charge in [0.05, 0.1) is 44.6 Å². The van der Waals surface area contributed by atoms with Gasteiger partial charge in [-0.3, -0.25) is 38.4 Å². The molecule has 0 amide bonds. The minimum absolute atomic E-state index is 0.0226. The van der Waals surface area contributed by atoms with Gasteiger partial charge in [0.15, 0.2) is 10.8 Å². The van der Waals surface area contributed by atoms with Crippen LogP contribution < -0.4 is 0 Å². The van der Waals surface area contributed by atoms with E-state index in [2.05, 4.69) is 60.6 Å². The summed E-state index contributed by atoms with van der Waals surface area (Å²) in [5.41, 5.74) is -5.31. The van der Waals surface area contributed by atoms with Crippen LogP contribution in [0.4, 0.5) is 0 Å². The SMILES string of the molecule is CCC(C)(C)C(=O)OC(C)(C)C1CCCCC1.CCC(C)(C)C(=O)OC(C)(CC)C1CCCCC1.CCC(C)(C)C(=O)OC1(C(C)C)CCCC1.CCC(C)(C)C(=O)OC1(C)CCCC1.CCC(C)(C)C(=O)OC1C2CC3C1OC(=O)C3(C#N)C2.CCC(C)(C)C(=O)OC1C2CC3C1OC(=O)C3(C#N)C2. The average molecular weight is 1470 g/mol. The summed E-state index contributed by atoms with van der Waals surface area (Å²) < 4.78 is 45.2. The first kappa shape index (κ1) is 90.4. The number of hydrogen-bond donors (Lipinski definition) is 0. The lowest BCUT2D eigenvalue weighted by atomic mass is 9.74. The predicted molar refractivity (Wildman–Crippen MR) is 406 cm³/mol. The lowest BCUT2D eigenvalue weighted by Gasteiger charge is -2.40. The van der Waals surface area contributed by atoms with Crippen molar-refractivity contribution in [1.29, 1.82) is 10.5 Å². The first-order valence-electron chi connectivity index (χ1n) is 41.2. The highest BCUT2D eigenvalue weighted by Crippen LogP contribution is 2.64. The molecular weight excluding hydrogens is 1330 g/mol. The predicted octanol–water partition coefficient (Wildman–Crippen LogP) is 19.9. The normalized spacial score (nSPS) is 28.4. The lowest BCUT2D eigenvalue weighted by Crippen LogP contribution is -2.43. The van der Waals surface area contributed by atoms with Gasteiger partial charge in [0.2, 0.25) is 0 Å². The van der Waals surface area contributed by atoms with Crippen LogP contribution in [0.3, 0.4) is 0 Å². The number of esters is 8. The third kappa shape index (κ3) is 20.6. The molecule has 2 aliphatic heterocycles. The molecule has 598 valence electrons. The average Bonchev–Trinajstić information content (AvgIpc) is 1.55. The standard InChI is InChI=1S/C16H30O2.2C15H19NO4.C15H28O2.C14H26O2.C12H22O2/c1-6-15(3,4)14(17)18-16(5,7-2)13-11-9-8-10-12-13;2*1-4-14(2,3)12(17)19-10-8-5-9-11(10)20-13(18)15(9,6-8)7-16;1-6-14(2,3)13(16)17-15(4,5)12-10-8-7-9-11-12;1-6-13(4,5)12(15)16-14(11(2)3)9-7-8-10-14;1-5-11(2,3)10(13)14-12(4)8-6-7-9-12/h13H,6-12H2,1-5H3;2*8-11H,4-6H2,1-3H3;12H,6-11H2,1-5H3;11H,6-10H2,1-5H3;5-9H2,1-4H3. The van der Waals surface area contributed by atoms with Crippen LogP contribution in [0.2, 0.25) is 0 Å². The van der Waals surface area contributed by atoms with E-state index in [4.69, 9.17) is 37.9 Å². The number of carbonyl (C=O) groups excluding carboxylic acids is 8. The van der Waals surface area contributed by atoms with E-state index in [1.807, 2.05) is 125 Å². The maximum absolute atomic E-state index is 12.3. The molecular formula is C87H144N2O16. The Morgan fingerprint density at radius 1 is 0.438 bits per heavy atom. The van der Waals surface area contributed by atoms with Gasteiger partial charge in [-0.2, -0.15) is 10.5 Å². The van der Waals surface area contributed by atoms with Gasteiger partial charge < -0.3 is 37.9 Å². The number of carbonyl (C=O) groups is 8. The molecule has 18 nitrogen and oxygen atoms in total. The summed E-state index contributed by atoms with van der Waals surface area (Å²) >= 11 is 0. The Morgan fingerprint density at radius 2 is 0.762 bits per heavy atom. The van der Waals surface area contributed by atoms with Crippen LogP contribution in [0.25, 0.3) is 0 Å². The number of hydrogen-bond acceptors (Lipinski definition) is 18. The smallest absolute Gasteiger partial charge is 0.327 e. The Hall–Kier alpha value is -5.26. The van der Waals surface area contributed by atoms with E-state index in [0.717, 1.165) is 70.6 Å². The largest absolute Gasteiger partial charge is 0.459 e. The van der Waals surface area contributed by atoms with Crippen molar-refractivity contribution in [2.75, 3.05) is 0 Å². The third-order valence-electron chi connectivity index (χ3n) is 27.9. The maximum Gasteiger partial charge on any atom is 0.327 e. The quantitative estimate of drug-likeness (QED) is 0.0720. The number of fused-ring (bicyclic) bond motifs is 2. The minimum Gasteiger partial charge on any atom is -0.459 e. The monoisotopic (exact) mass is 1470 g/mol. The van der Waals surface area contributed by atoms with Crippen molar-refractivity contribution >= 4 is 47.8 Å². The van der Waals surface area contributed by atoms with Crippen LogP contribution >= 0.6 is 0 Å². The van der Waals surface area contributed by atoms with Crippen LogP contribution in [0, 0.1) is 107 Å². The Morgan fingerprint density at radius 3 is 1.10 bits per heavy atom. The molecule has 0 radical (unpaired) electrons. The summed E-state index contributed by atoms with van der Waals surface area (Å²) in [5, 5.41) is 18.6. The van der Waals surface area contributed by atoms with Gasteiger partial charge in [-0.1, -0.05) is 101 Å². The molecule has 105 heavy (non-hydrogen) atoms. The van der Waals surface area contributed by atoms with Gasteiger partial charge in [0, 0.05) is 23.7 Å². The second-order valence-electron chi connectivity index (χ2n) is 38.3. The van der Waals surface area contributed by atoms with Crippen LogP contribution in [-0.4, -0.2) is 94.6 Å². The Bertz CT molecular complexity index is 2970. The first-order chi connectivity index (χ1) is 48.6. The van der Waals surface area contributed by atoms with Gasteiger partial charge in [0.1, 0.15) is 46.8 Å². The van der Waals surface area contributed by atoms with Crippen molar-refractivity contribution < 1.29 is 76.3 Å². The van der Waals surface area contributed by atoms with Crippen molar-refractivity contribution in [3.05, 3.63) is 0 Å². The van der Waals surface area contributed by atoms with Crippen molar-refractivity contribution in [2.24, 2.45) is 84.7 Å². The number of nitrogens with zero attached hydrogens (tertiary/aromatic N) is 2.